The predicted octanol–water partition coefficient (Wildman–Crippen LogP) is 4.53. The van der Waals surface area contributed by atoms with Gasteiger partial charge in [-0.05, 0) is 24.3 Å². The van der Waals surface area contributed by atoms with Crippen LogP contribution in [0.4, 0.5) is 5.69 Å². The zero-order valence-electron chi connectivity index (χ0n) is 15.9. The highest BCUT2D eigenvalue weighted by atomic mass is 35.5. The first-order valence-corrected chi connectivity index (χ1v) is 10.00. The number of carbonyl (C=O) groups excluding carboxylic acids is 2. The average Bonchev–Trinajstić information content (AvgIpc) is 2.79. The Kier molecular flexibility index (Phi) is 5.63. The molecule has 0 saturated carbocycles. The molecule has 0 spiro atoms. The maximum Gasteiger partial charge on any atom is 0.254 e. The highest BCUT2D eigenvalue weighted by Gasteiger charge is 2.25. The molecule has 29 heavy (non-hydrogen) atoms. The van der Waals surface area contributed by atoms with E-state index < -0.39 is 0 Å². The molecular formula is C24H21ClN2O2. The molecule has 5 heteroatoms. The zero-order chi connectivity index (χ0) is 20.2. The van der Waals surface area contributed by atoms with E-state index >= 15 is 0 Å². The molecule has 0 aliphatic carbocycles. The van der Waals surface area contributed by atoms with Crippen molar-refractivity contribution in [3.8, 4) is 0 Å². The van der Waals surface area contributed by atoms with Crippen LogP contribution < -0.4 is 4.90 Å². The van der Waals surface area contributed by atoms with Gasteiger partial charge >= 0.3 is 0 Å². The SMILES string of the molecule is O=C(c1ccccc1)c1ccccc1C(=O)N1CCN(c2cccc(Cl)c2)CC1. The van der Waals surface area contributed by atoms with Crippen molar-refractivity contribution in [2.24, 2.45) is 0 Å². The van der Waals surface area contributed by atoms with Crippen molar-refractivity contribution < 1.29 is 9.59 Å². The van der Waals surface area contributed by atoms with Gasteiger partial charge in [-0.25, -0.2) is 0 Å². The van der Waals surface area contributed by atoms with Crippen molar-refractivity contribution in [2.75, 3.05) is 31.1 Å². The van der Waals surface area contributed by atoms with Crippen LogP contribution in [-0.4, -0.2) is 42.8 Å². The zero-order valence-corrected chi connectivity index (χ0v) is 16.7. The number of hydrogen-bond acceptors (Lipinski definition) is 3. The normalized spacial score (nSPS) is 14.0. The third kappa shape index (κ3) is 4.17. The molecule has 3 aromatic rings. The van der Waals surface area contributed by atoms with Gasteiger partial charge in [0.15, 0.2) is 5.78 Å². The minimum Gasteiger partial charge on any atom is -0.368 e. The van der Waals surface area contributed by atoms with E-state index in [1.54, 1.807) is 36.4 Å². The maximum absolute atomic E-state index is 13.2. The van der Waals surface area contributed by atoms with Gasteiger partial charge in [0, 0.05) is 48.0 Å². The van der Waals surface area contributed by atoms with Gasteiger partial charge in [-0.1, -0.05) is 66.2 Å². The lowest BCUT2D eigenvalue weighted by Crippen LogP contribution is -2.49. The van der Waals surface area contributed by atoms with Crippen molar-refractivity contribution in [3.63, 3.8) is 0 Å². The first kappa shape index (κ1) is 19.2. The third-order valence-corrected chi connectivity index (χ3v) is 5.41. The molecule has 0 N–H and O–H groups in total. The summed E-state index contributed by atoms with van der Waals surface area (Å²) >= 11 is 6.10. The molecule has 0 aromatic heterocycles. The summed E-state index contributed by atoms with van der Waals surface area (Å²) in [5.74, 6) is -0.234. The van der Waals surface area contributed by atoms with Crippen LogP contribution in [0.2, 0.25) is 5.02 Å². The molecule has 0 radical (unpaired) electrons. The Balaban J connectivity index is 1.50. The topological polar surface area (TPSA) is 40.6 Å². The Morgan fingerprint density at radius 1 is 0.724 bits per heavy atom. The first-order chi connectivity index (χ1) is 14.1. The van der Waals surface area contributed by atoms with E-state index in [0.29, 0.717) is 34.8 Å². The lowest BCUT2D eigenvalue weighted by atomic mass is 9.97. The van der Waals surface area contributed by atoms with E-state index in [4.69, 9.17) is 11.6 Å². The Morgan fingerprint density at radius 3 is 2.07 bits per heavy atom. The fourth-order valence-corrected chi connectivity index (χ4v) is 3.81. The summed E-state index contributed by atoms with van der Waals surface area (Å²) in [4.78, 5) is 30.2. The van der Waals surface area contributed by atoms with Crippen LogP contribution in [0, 0.1) is 0 Å². The van der Waals surface area contributed by atoms with Crippen molar-refractivity contribution >= 4 is 29.0 Å². The van der Waals surface area contributed by atoms with Crippen molar-refractivity contribution in [3.05, 3.63) is 101 Å². The van der Waals surface area contributed by atoms with E-state index in [0.717, 1.165) is 18.8 Å². The molecule has 1 fully saturated rings. The van der Waals surface area contributed by atoms with Crippen LogP contribution in [0.15, 0.2) is 78.9 Å². The number of nitrogens with zero attached hydrogens (tertiary/aromatic N) is 2. The lowest BCUT2D eigenvalue weighted by molar-refractivity contribution is 0.0742. The van der Waals surface area contributed by atoms with Gasteiger partial charge in [0.1, 0.15) is 0 Å². The Bertz CT molecular complexity index is 1030. The third-order valence-electron chi connectivity index (χ3n) is 5.18. The van der Waals surface area contributed by atoms with Crippen LogP contribution in [0.5, 0.6) is 0 Å². The molecular weight excluding hydrogens is 384 g/mol. The smallest absolute Gasteiger partial charge is 0.254 e. The molecule has 3 aromatic carbocycles. The number of halogens is 1. The first-order valence-electron chi connectivity index (χ1n) is 9.62. The van der Waals surface area contributed by atoms with Gasteiger partial charge in [0.25, 0.3) is 5.91 Å². The molecule has 1 aliphatic heterocycles. The summed E-state index contributed by atoms with van der Waals surface area (Å²) in [5, 5.41) is 0.703. The van der Waals surface area contributed by atoms with Crippen LogP contribution in [-0.2, 0) is 0 Å². The van der Waals surface area contributed by atoms with Gasteiger partial charge in [-0.15, -0.1) is 0 Å². The molecule has 1 aliphatic rings. The number of benzene rings is 3. The maximum atomic E-state index is 13.2. The number of amides is 1. The van der Waals surface area contributed by atoms with E-state index in [2.05, 4.69) is 4.90 Å². The molecule has 0 atom stereocenters. The summed E-state index contributed by atoms with van der Waals surface area (Å²) in [6.07, 6.45) is 0. The Hall–Kier alpha value is -3.11. The number of anilines is 1. The second-order valence-corrected chi connectivity index (χ2v) is 7.44. The summed E-state index contributed by atoms with van der Waals surface area (Å²) in [7, 11) is 0. The standard InChI is InChI=1S/C24H21ClN2O2/c25-19-9-6-10-20(17-19)26-13-15-27(16-14-26)24(29)22-12-5-4-11-21(22)23(28)18-7-2-1-3-8-18/h1-12,17H,13-16H2. The molecule has 1 heterocycles. The summed E-state index contributed by atoms with van der Waals surface area (Å²) < 4.78 is 0. The van der Waals surface area contributed by atoms with Crippen LogP contribution in [0.25, 0.3) is 0 Å². The number of carbonyl (C=O) groups is 2. The second-order valence-electron chi connectivity index (χ2n) is 7.00. The lowest BCUT2D eigenvalue weighted by Gasteiger charge is -2.36. The van der Waals surface area contributed by atoms with Crippen LogP contribution in [0.3, 0.4) is 0 Å². The molecule has 4 rings (SSSR count). The highest BCUT2D eigenvalue weighted by molar-refractivity contribution is 6.30. The van der Waals surface area contributed by atoms with Crippen LogP contribution >= 0.6 is 11.6 Å². The fraction of sp³-hybridized carbons (Fsp3) is 0.167. The summed E-state index contributed by atoms with van der Waals surface area (Å²) in [6.45, 7) is 2.64. The van der Waals surface area contributed by atoms with Gasteiger partial charge in [0.05, 0.1) is 5.56 Å². The van der Waals surface area contributed by atoms with Gasteiger partial charge in [-0.3, -0.25) is 9.59 Å². The number of piperazine rings is 1. The Morgan fingerprint density at radius 2 is 1.38 bits per heavy atom. The fourth-order valence-electron chi connectivity index (χ4n) is 3.62. The van der Waals surface area contributed by atoms with E-state index in [-0.39, 0.29) is 11.7 Å². The predicted molar refractivity (Wildman–Crippen MR) is 116 cm³/mol. The highest BCUT2D eigenvalue weighted by Crippen LogP contribution is 2.22. The van der Waals surface area contributed by atoms with Crippen molar-refractivity contribution in [1.29, 1.82) is 0 Å². The summed E-state index contributed by atoms with van der Waals surface area (Å²) in [6, 6.07) is 23.9. The van der Waals surface area contributed by atoms with E-state index in [1.807, 2.05) is 47.4 Å². The Labute approximate surface area is 175 Å². The molecule has 4 nitrogen and oxygen atoms in total. The largest absolute Gasteiger partial charge is 0.368 e. The van der Waals surface area contributed by atoms with Gasteiger partial charge in [-0.2, -0.15) is 0 Å². The minimum atomic E-state index is -0.132. The minimum absolute atomic E-state index is 0.101. The molecule has 1 saturated heterocycles. The number of hydrogen-bond donors (Lipinski definition) is 0. The molecule has 0 bridgehead atoms. The monoisotopic (exact) mass is 404 g/mol. The van der Waals surface area contributed by atoms with Crippen LogP contribution in [0.1, 0.15) is 26.3 Å². The molecule has 1 amide bonds. The van der Waals surface area contributed by atoms with E-state index in [9.17, 15) is 9.59 Å². The second kappa shape index (κ2) is 8.50. The van der Waals surface area contributed by atoms with Crippen molar-refractivity contribution in [1.82, 2.24) is 4.90 Å². The number of rotatable bonds is 4. The summed E-state index contributed by atoms with van der Waals surface area (Å²) in [5.41, 5.74) is 2.54. The quantitative estimate of drug-likeness (QED) is 0.600. The molecule has 146 valence electrons. The number of ketones is 1. The van der Waals surface area contributed by atoms with Gasteiger partial charge in [0.2, 0.25) is 0 Å². The van der Waals surface area contributed by atoms with E-state index in [1.165, 1.54) is 0 Å². The van der Waals surface area contributed by atoms with Gasteiger partial charge < -0.3 is 9.80 Å². The van der Waals surface area contributed by atoms with Crippen molar-refractivity contribution in [2.45, 2.75) is 0 Å². The molecule has 0 unspecified atom stereocenters. The average molecular weight is 405 g/mol.